The number of aromatic nitrogens is 1. The molecule has 0 bridgehead atoms. The van der Waals surface area contributed by atoms with Gasteiger partial charge in [0, 0.05) is 19.6 Å². The largest absolute Gasteiger partial charge is 0.573 e. The van der Waals surface area contributed by atoms with E-state index in [0.717, 1.165) is 41.9 Å². The number of benzene rings is 1. The van der Waals surface area contributed by atoms with Crippen molar-refractivity contribution in [1.82, 2.24) is 14.0 Å². The second-order valence-electron chi connectivity index (χ2n) is 7.55. The molecule has 2 N–H and O–H groups in total. The summed E-state index contributed by atoms with van der Waals surface area (Å²) in [6.07, 6.45) is -4.17. The van der Waals surface area contributed by atoms with Gasteiger partial charge >= 0.3 is 12.3 Å². The summed E-state index contributed by atoms with van der Waals surface area (Å²) in [5.74, 6) is -3.03. The highest BCUT2D eigenvalue weighted by molar-refractivity contribution is 7.89. The zero-order chi connectivity index (χ0) is 27.1. The number of carbonyl (C=O) groups excluding carboxylic acids is 1. The molecule has 198 valence electrons. The van der Waals surface area contributed by atoms with E-state index < -0.39 is 55.0 Å². The predicted octanol–water partition coefficient (Wildman–Crippen LogP) is 1.00. The molecule has 1 saturated heterocycles. The normalized spacial score (nSPS) is 17.6. The topological polar surface area (TPSA) is 163 Å². The monoisotopic (exact) mass is 572 g/mol. The molecule has 1 atom stereocenters. The first kappa shape index (κ1) is 27.6. The van der Waals surface area contributed by atoms with Crippen LogP contribution in [0, 0.1) is 6.92 Å². The highest BCUT2D eigenvalue weighted by Crippen LogP contribution is 2.31. The third kappa shape index (κ3) is 6.42. The van der Waals surface area contributed by atoms with Crippen molar-refractivity contribution in [2.45, 2.75) is 24.2 Å². The van der Waals surface area contributed by atoms with E-state index in [1.165, 1.54) is 11.8 Å². The number of rotatable bonds is 7. The average Bonchev–Trinajstić information content (AvgIpc) is 3.13. The van der Waals surface area contributed by atoms with Gasteiger partial charge < -0.3 is 14.7 Å². The van der Waals surface area contributed by atoms with Gasteiger partial charge in [-0.25, -0.2) is 26.5 Å². The van der Waals surface area contributed by atoms with Gasteiger partial charge in [0.15, 0.2) is 5.13 Å². The quantitative estimate of drug-likeness (QED) is 0.489. The van der Waals surface area contributed by atoms with E-state index in [4.69, 9.17) is 0 Å². The molecule has 1 aliphatic rings. The number of ether oxygens (including phenoxy) is 1. The first-order valence-corrected chi connectivity index (χ1v) is 14.0. The van der Waals surface area contributed by atoms with Gasteiger partial charge in [0.05, 0.1) is 16.8 Å². The minimum Gasteiger partial charge on any atom is -0.480 e. The van der Waals surface area contributed by atoms with E-state index >= 15 is 0 Å². The average molecular weight is 573 g/mol. The zero-order valence-electron chi connectivity index (χ0n) is 18.5. The fourth-order valence-electron chi connectivity index (χ4n) is 3.32. The fourth-order valence-corrected chi connectivity index (χ4v) is 6.39. The number of piperazine rings is 1. The number of hydrogen-bond acceptors (Lipinski definition) is 10. The lowest BCUT2D eigenvalue weighted by atomic mass is 10.2. The first-order valence-electron chi connectivity index (χ1n) is 9.83. The molecular formula is C18H19F3N4O8S3. The van der Waals surface area contributed by atoms with E-state index in [1.807, 2.05) is 4.72 Å². The molecule has 12 nitrogen and oxygen atoms in total. The van der Waals surface area contributed by atoms with E-state index in [-0.39, 0.29) is 35.3 Å². The molecular weight excluding hydrogens is 553 g/mol. The Kier molecular flexibility index (Phi) is 7.54. The Balaban J connectivity index is 1.82. The first-order chi connectivity index (χ1) is 16.5. The van der Waals surface area contributed by atoms with Crippen LogP contribution in [0.25, 0.3) is 0 Å². The Labute approximate surface area is 207 Å². The maximum atomic E-state index is 13.1. The molecule has 0 aliphatic carbocycles. The van der Waals surface area contributed by atoms with Gasteiger partial charge in [-0.15, -0.1) is 13.2 Å². The van der Waals surface area contributed by atoms with E-state index in [0.29, 0.717) is 4.31 Å². The van der Waals surface area contributed by atoms with Crippen molar-refractivity contribution < 1.29 is 49.4 Å². The molecule has 18 heteroatoms. The molecule has 1 aromatic heterocycles. The summed E-state index contributed by atoms with van der Waals surface area (Å²) >= 11 is 0.811. The number of hydrogen-bond donors (Lipinski definition) is 2. The Hall–Kier alpha value is -2.96. The van der Waals surface area contributed by atoms with Crippen molar-refractivity contribution in [3.05, 3.63) is 34.8 Å². The lowest BCUT2D eigenvalue weighted by molar-refractivity contribution is -0.274. The number of alkyl halides is 3. The van der Waals surface area contributed by atoms with Crippen LogP contribution >= 0.6 is 11.3 Å². The third-order valence-electron chi connectivity index (χ3n) is 4.82. The SMILES string of the molecule is Cc1nc(N2CCN(S(=O)(=O)c3ccc(OC(F)(F)F)cc3)[C@@H](C(=O)O)C2)sc1C(=O)NS(C)(=O)=O. The molecule has 1 aliphatic heterocycles. The van der Waals surface area contributed by atoms with Crippen molar-refractivity contribution in [3.8, 4) is 5.75 Å². The number of thiazole rings is 1. The van der Waals surface area contributed by atoms with Crippen LogP contribution in [-0.4, -0.2) is 81.4 Å². The number of nitrogens with zero attached hydrogens (tertiary/aromatic N) is 3. The van der Waals surface area contributed by atoms with Crippen LogP contribution in [0.4, 0.5) is 18.3 Å². The Bertz CT molecular complexity index is 1380. The van der Waals surface area contributed by atoms with Crippen molar-refractivity contribution in [2.24, 2.45) is 0 Å². The number of sulfonamides is 2. The summed E-state index contributed by atoms with van der Waals surface area (Å²) < 4.78 is 92.1. The van der Waals surface area contributed by atoms with Crippen molar-refractivity contribution in [3.63, 3.8) is 0 Å². The second-order valence-corrected chi connectivity index (χ2v) is 12.2. The van der Waals surface area contributed by atoms with E-state index in [1.54, 1.807) is 0 Å². The van der Waals surface area contributed by atoms with E-state index in [2.05, 4.69) is 9.72 Å². The molecule has 1 fully saturated rings. The maximum Gasteiger partial charge on any atom is 0.573 e. The Morgan fingerprint density at radius 3 is 2.31 bits per heavy atom. The molecule has 36 heavy (non-hydrogen) atoms. The lowest BCUT2D eigenvalue weighted by Crippen LogP contribution is -2.58. The summed E-state index contributed by atoms with van der Waals surface area (Å²) in [5, 5.41) is 9.89. The zero-order valence-corrected chi connectivity index (χ0v) is 21.0. The van der Waals surface area contributed by atoms with Gasteiger partial charge in [-0.3, -0.25) is 9.59 Å². The van der Waals surface area contributed by atoms with Crippen LogP contribution in [0.5, 0.6) is 5.75 Å². The van der Waals surface area contributed by atoms with Gasteiger partial charge in [-0.1, -0.05) is 11.3 Å². The summed E-state index contributed by atoms with van der Waals surface area (Å²) in [6.45, 7) is 0.755. The van der Waals surface area contributed by atoms with Gasteiger partial charge in [0.1, 0.15) is 16.7 Å². The molecule has 0 spiro atoms. The Morgan fingerprint density at radius 1 is 1.17 bits per heavy atom. The van der Waals surface area contributed by atoms with Crippen LogP contribution in [0.15, 0.2) is 29.2 Å². The summed E-state index contributed by atoms with van der Waals surface area (Å²) in [5.41, 5.74) is 0.194. The molecule has 1 aromatic carbocycles. The second kappa shape index (κ2) is 9.83. The number of aryl methyl sites for hydroxylation is 1. The number of halogens is 3. The maximum absolute atomic E-state index is 13.1. The minimum atomic E-state index is -4.97. The number of carbonyl (C=O) groups is 2. The number of amides is 1. The summed E-state index contributed by atoms with van der Waals surface area (Å²) in [7, 11) is -8.25. The smallest absolute Gasteiger partial charge is 0.480 e. The number of aliphatic carboxylic acids is 1. The van der Waals surface area contributed by atoms with Crippen molar-refractivity contribution >= 4 is 48.4 Å². The van der Waals surface area contributed by atoms with Gasteiger partial charge in [-0.2, -0.15) is 4.31 Å². The van der Waals surface area contributed by atoms with Gasteiger partial charge in [-0.05, 0) is 31.2 Å². The standard InChI is InChI=1S/C18H19F3N4O8S3/c1-10-14(15(26)23-35(2,29)30)34-17(22-10)24-7-8-25(13(9-24)16(27)28)36(31,32)12-5-3-11(4-6-12)33-18(19,20)21/h3-6,13H,7-9H2,1-2H3,(H,23,26)(H,27,28)/t13-/m1/s1. The highest BCUT2D eigenvalue weighted by Gasteiger charge is 2.41. The lowest BCUT2D eigenvalue weighted by Gasteiger charge is -2.38. The van der Waals surface area contributed by atoms with E-state index in [9.17, 15) is 44.7 Å². The molecule has 0 saturated carbocycles. The van der Waals surface area contributed by atoms with Crippen LogP contribution in [0.3, 0.4) is 0 Å². The van der Waals surface area contributed by atoms with Crippen LogP contribution in [-0.2, 0) is 24.8 Å². The molecule has 0 radical (unpaired) electrons. The molecule has 2 aromatic rings. The molecule has 1 amide bonds. The fraction of sp³-hybridized carbons (Fsp3) is 0.389. The minimum absolute atomic E-state index is 0.0153. The van der Waals surface area contributed by atoms with Crippen LogP contribution in [0.1, 0.15) is 15.4 Å². The number of nitrogens with one attached hydrogen (secondary N) is 1. The third-order valence-corrected chi connectivity index (χ3v) is 8.52. The molecule has 3 rings (SSSR count). The van der Waals surface area contributed by atoms with Crippen molar-refractivity contribution in [2.75, 3.05) is 30.8 Å². The van der Waals surface area contributed by atoms with Crippen LogP contribution in [0.2, 0.25) is 0 Å². The summed E-state index contributed by atoms with van der Waals surface area (Å²) in [6, 6.07) is 1.76. The van der Waals surface area contributed by atoms with Crippen LogP contribution < -0.4 is 14.4 Å². The Morgan fingerprint density at radius 2 is 1.78 bits per heavy atom. The number of carboxylic acids is 1. The van der Waals surface area contributed by atoms with Crippen molar-refractivity contribution in [1.29, 1.82) is 0 Å². The summed E-state index contributed by atoms with van der Waals surface area (Å²) in [4.78, 5) is 29.3. The van der Waals surface area contributed by atoms with Gasteiger partial charge in [0.25, 0.3) is 5.91 Å². The number of anilines is 1. The highest BCUT2D eigenvalue weighted by atomic mass is 32.2. The molecule has 2 heterocycles. The predicted molar refractivity (Wildman–Crippen MR) is 120 cm³/mol. The van der Waals surface area contributed by atoms with Gasteiger partial charge in [0.2, 0.25) is 20.0 Å². The molecule has 0 unspecified atom stereocenters. The number of carboxylic acid groups (broad SMARTS) is 1.